The van der Waals surface area contributed by atoms with E-state index < -0.39 is 0 Å². The highest BCUT2D eigenvalue weighted by atomic mass is 79.9. The van der Waals surface area contributed by atoms with Gasteiger partial charge in [0.1, 0.15) is 0 Å². The van der Waals surface area contributed by atoms with Crippen LogP contribution in [0.25, 0.3) is 0 Å². The number of nitrogens with one attached hydrogen (secondary N) is 1. The van der Waals surface area contributed by atoms with Crippen LogP contribution in [0.4, 0.5) is 0 Å². The summed E-state index contributed by atoms with van der Waals surface area (Å²) in [7, 11) is 2.03. The highest BCUT2D eigenvalue weighted by molar-refractivity contribution is 9.10. The third-order valence-corrected chi connectivity index (χ3v) is 4.55. The summed E-state index contributed by atoms with van der Waals surface area (Å²) in [5.41, 5.74) is 1.58. The third kappa shape index (κ3) is 2.49. The predicted octanol–water partition coefficient (Wildman–Crippen LogP) is 3.21. The van der Waals surface area contributed by atoms with Crippen molar-refractivity contribution < 1.29 is 4.74 Å². The lowest BCUT2D eigenvalue weighted by Crippen LogP contribution is -2.56. The molecule has 0 aromatic heterocycles. The van der Waals surface area contributed by atoms with Gasteiger partial charge in [0, 0.05) is 9.89 Å². The molecule has 0 saturated carbocycles. The molecule has 1 unspecified atom stereocenters. The van der Waals surface area contributed by atoms with Crippen LogP contribution in [0.3, 0.4) is 0 Å². The number of benzene rings is 1. The molecule has 2 rings (SSSR count). The molecule has 0 spiro atoms. The van der Waals surface area contributed by atoms with E-state index >= 15 is 0 Å². The smallest absolute Gasteiger partial charge is 0.0588 e. The first kappa shape index (κ1) is 14.0. The molecule has 1 aromatic rings. The minimum atomic E-state index is 0.182. The molecule has 1 aromatic carbocycles. The number of halogens is 1. The maximum absolute atomic E-state index is 5.57. The molecular formula is C15H22BrNO. The van der Waals surface area contributed by atoms with Gasteiger partial charge in [-0.25, -0.2) is 0 Å². The van der Waals surface area contributed by atoms with E-state index in [1.54, 1.807) is 0 Å². The number of hydrogen-bond donors (Lipinski definition) is 1. The van der Waals surface area contributed by atoms with Crippen molar-refractivity contribution in [2.45, 2.75) is 19.3 Å². The Morgan fingerprint density at radius 1 is 1.39 bits per heavy atom. The summed E-state index contributed by atoms with van der Waals surface area (Å²) >= 11 is 3.58. The van der Waals surface area contributed by atoms with E-state index in [0.717, 1.165) is 24.2 Å². The van der Waals surface area contributed by atoms with Crippen molar-refractivity contribution in [1.82, 2.24) is 5.32 Å². The summed E-state index contributed by atoms with van der Waals surface area (Å²) in [6.45, 7) is 7.33. The molecular weight excluding hydrogens is 290 g/mol. The number of ether oxygens (including phenoxy) is 1. The second-order valence-electron chi connectivity index (χ2n) is 5.57. The molecule has 1 atom stereocenters. The summed E-state index contributed by atoms with van der Waals surface area (Å²) in [6, 6.07) is 8.68. The fraction of sp³-hybridized carbons (Fsp3) is 0.600. The molecule has 100 valence electrons. The molecule has 18 heavy (non-hydrogen) atoms. The van der Waals surface area contributed by atoms with Crippen LogP contribution in [0.2, 0.25) is 0 Å². The van der Waals surface area contributed by atoms with E-state index in [2.05, 4.69) is 59.4 Å². The second kappa shape index (κ2) is 5.72. The van der Waals surface area contributed by atoms with Crippen molar-refractivity contribution >= 4 is 15.9 Å². The van der Waals surface area contributed by atoms with Gasteiger partial charge in [0.15, 0.2) is 0 Å². The van der Waals surface area contributed by atoms with Crippen LogP contribution in [-0.2, 0) is 10.2 Å². The van der Waals surface area contributed by atoms with Gasteiger partial charge in [-0.15, -0.1) is 0 Å². The Balaban J connectivity index is 2.34. The first-order chi connectivity index (χ1) is 8.60. The van der Waals surface area contributed by atoms with Crippen molar-refractivity contribution in [1.29, 1.82) is 0 Å². The van der Waals surface area contributed by atoms with Crippen molar-refractivity contribution in [3.63, 3.8) is 0 Å². The summed E-state index contributed by atoms with van der Waals surface area (Å²) in [4.78, 5) is 0. The van der Waals surface area contributed by atoms with E-state index in [0.29, 0.717) is 11.8 Å². The zero-order valence-electron chi connectivity index (χ0n) is 11.4. The summed E-state index contributed by atoms with van der Waals surface area (Å²) in [5.74, 6) is 1.24. The van der Waals surface area contributed by atoms with Crippen LogP contribution < -0.4 is 5.32 Å². The van der Waals surface area contributed by atoms with Crippen molar-refractivity contribution in [2.24, 2.45) is 11.8 Å². The van der Waals surface area contributed by atoms with Crippen LogP contribution in [0.1, 0.15) is 19.4 Å². The highest BCUT2D eigenvalue weighted by Gasteiger charge is 2.47. The number of hydrogen-bond acceptors (Lipinski definition) is 2. The molecule has 0 amide bonds. The highest BCUT2D eigenvalue weighted by Crippen LogP contribution is 2.43. The molecule has 3 heteroatoms. The molecule has 1 saturated heterocycles. The van der Waals surface area contributed by atoms with Crippen LogP contribution in [-0.4, -0.2) is 26.8 Å². The van der Waals surface area contributed by atoms with Crippen LogP contribution >= 0.6 is 15.9 Å². The zero-order valence-corrected chi connectivity index (χ0v) is 13.0. The average Bonchev–Trinajstić information content (AvgIpc) is 2.26. The fourth-order valence-corrected chi connectivity index (χ4v) is 3.40. The summed E-state index contributed by atoms with van der Waals surface area (Å²) in [5, 5.41) is 3.34. The molecule has 2 nitrogen and oxygen atoms in total. The Bertz CT molecular complexity index is 401. The molecule has 0 radical (unpaired) electrons. The Labute approximate surface area is 118 Å². The lowest BCUT2D eigenvalue weighted by molar-refractivity contribution is -0.0995. The Morgan fingerprint density at radius 2 is 2.11 bits per heavy atom. The van der Waals surface area contributed by atoms with Gasteiger partial charge in [0.25, 0.3) is 0 Å². The summed E-state index contributed by atoms with van der Waals surface area (Å²) < 4.78 is 6.72. The van der Waals surface area contributed by atoms with Crippen LogP contribution in [0, 0.1) is 11.8 Å². The minimum Gasteiger partial charge on any atom is -0.379 e. The SMILES string of the molecule is CNCC(C(C)C)C1(c2cccc(Br)c2)COC1. The van der Waals surface area contributed by atoms with Gasteiger partial charge in [0.05, 0.1) is 13.2 Å². The lowest BCUT2D eigenvalue weighted by atomic mass is 9.64. The quantitative estimate of drug-likeness (QED) is 0.901. The van der Waals surface area contributed by atoms with E-state index in [-0.39, 0.29) is 5.41 Å². The topological polar surface area (TPSA) is 21.3 Å². The summed E-state index contributed by atoms with van der Waals surface area (Å²) in [6.07, 6.45) is 0. The van der Waals surface area contributed by atoms with Crippen LogP contribution in [0.15, 0.2) is 28.7 Å². The van der Waals surface area contributed by atoms with E-state index in [1.807, 2.05) is 7.05 Å². The van der Waals surface area contributed by atoms with Gasteiger partial charge < -0.3 is 10.1 Å². The first-order valence-electron chi connectivity index (χ1n) is 6.58. The average molecular weight is 312 g/mol. The van der Waals surface area contributed by atoms with Crippen molar-refractivity contribution in [3.8, 4) is 0 Å². The Hall–Kier alpha value is -0.380. The van der Waals surface area contributed by atoms with Gasteiger partial charge in [-0.1, -0.05) is 41.9 Å². The maximum atomic E-state index is 5.57. The Kier molecular flexibility index (Phi) is 4.46. The largest absolute Gasteiger partial charge is 0.379 e. The van der Waals surface area contributed by atoms with Crippen molar-refractivity contribution in [3.05, 3.63) is 34.3 Å². The molecule has 1 heterocycles. The minimum absolute atomic E-state index is 0.182. The van der Waals surface area contributed by atoms with Crippen molar-refractivity contribution in [2.75, 3.05) is 26.8 Å². The molecule has 1 fully saturated rings. The molecule has 1 aliphatic rings. The lowest BCUT2D eigenvalue weighted by Gasteiger charge is -2.49. The predicted molar refractivity (Wildman–Crippen MR) is 78.9 cm³/mol. The molecule has 1 aliphatic heterocycles. The second-order valence-corrected chi connectivity index (χ2v) is 6.48. The zero-order chi connectivity index (χ0) is 13.2. The maximum Gasteiger partial charge on any atom is 0.0588 e. The molecule has 0 aliphatic carbocycles. The molecule has 1 N–H and O–H groups in total. The van der Waals surface area contributed by atoms with Gasteiger partial charge in [-0.3, -0.25) is 0 Å². The standard InChI is InChI=1S/C15H22BrNO/c1-11(2)14(8-17-3)15(9-18-10-15)12-5-4-6-13(16)7-12/h4-7,11,14,17H,8-10H2,1-3H3. The van der Waals surface area contributed by atoms with Crippen LogP contribution in [0.5, 0.6) is 0 Å². The monoisotopic (exact) mass is 311 g/mol. The van der Waals surface area contributed by atoms with Gasteiger partial charge in [-0.05, 0) is 43.1 Å². The van der Waals surface area contributed by atoms with Gasteiger partial charge in [0.2, 0.25) is 0 Å². The first-order valence-corrected chi connectivity index (χ1v) is 7.38. The third-order valence-electron chi connectivity index (χ3n) is 4.06. The van der Waals surface area contributed by atoms with E-state index in [9.17, 15) is 0 Å². The molecule has 0 bridgehead atoms. The number of rotatable bonds is 5. The van der Waals surface area contributed by atoms with E-state index in [4.69, 9.17) is 4.74 Å². The Morgan fingerprint density at radius 3 is 2.56 bits per heavy atom. The normalized spacial score (nSPS) is 19.6. The van der Waals surface area contributed by atoms with E-state index in [1.165, 1.54) is 5.56 Å². The van der Waals surface area contributed by atoms with Gasteiger partial charge in [-0.2, -0.15) is 0 Å². The fourth-order valence-electron chi connectivity index (χ4n) is 3.00. The van der Waals surface area contributed by atoms with Gasteiger partial charge >= 0.3 is 0 Å².